The molecule has 4 rings (SSSR count). The monoisotopic (exact) mass is 1140 g/mol. The van der Waals surface area contributed by atoms with E-state index in [-0.39, 0.29) is 0 Å². The Balaban J connectivity index is 2.07. The summed E-state index contributed by atoms with van der Waals surface area (Å²) in [5, 5.41) is 0.312. The molecule has 0 radical (unpaired) electrons. The van der Waals surface area contributed by atoms with Crippen molar-refractivity contribution in [3.05, 3.63) is 100 Å². The zero-order valence-corrected chi connectivity index (χ0v) is 55.5. The zero-order valence-electron chi connectivity index (χ0n) is 54.6. The second kappa shape index (κ2) is 45.5. The minimum atomic E-state index is -4.54. The van der Waals surface area contributed by atoms with Crippen LogP contribution in [0.2, 0.25) is 0 Å². The van der Waals surface area contributed by atoms with E-state index in [9.17, 15) is 14.7 Å². The first kappa shape index (κ1) is 71.7. The van der Waals surface area contributed by atoms with Crippen molar-refractivity contribution in [3.8, 4) is 33.4 Å². The molecule has 0 saturated carbocycles. The molecule has 4 aromatic rings. The summed E-state index contributed by atoms with van der Waals surface area (Å²) in [6.07, 6.45) is 59.7. The highest BCUT2D eigenvalue weighted by molar-refractivity contribution is 7.67. The Morgan fingerprint density at radius 3 is 0.768 bits per heavy atom. The minimum Gasteiger partial charge on any atom is -0.189 e. The summed E-state index contributed by atoms with van der Waals surface area (Å²) in [5.41, 5.74) is 15.5. The number of hydrogen-bond acceptors (Lipinski definition) is 3. The van der Waals surface area contributed by atoms with Crippen molar-refractivity contribution in [3.63, 3.8) is 0 Å². The molecule has 0 aromatic heterocycles. The largest absolute Gasteiger partial charge is 0.441 e. The number of aryl methyl sites for hydroxylation is 3. The molecule has 0 heterocycles. The Labute approximate surface area is 508 Å². The molecule has 3 N–H and O–H groups in total. The van der Waals surface area contributed by atoms with E-state index in [2.05, 4.69) is 102 Å². The highest BCUT2D eigenvalue weighted by Gasteiger charge is 2.41. The quantitative estimate of drug-likeness (QED) is 0.0305. The second-order valence-electron chi connectivity index (χ2n) is 25.5. The third-order valence-electron chi connectivity index (χ3n) is 18.4. The summed E-state index contributed by atoms with van der Waals surface area (Å²) < 4.78 is 0. The van der Waals surface area contributed by atoms with Gasteiger partial charge in [0.05, 0.1) is 0 Å². The van der Waals surface area contributed by atoms with Gasteiger partial charge in [-0.2, -0.15) is 14.7 Å². The van der Waals surface area contributed by atoms with Crippen LogP contribution in [-0.2, 0) is 38.5 Å². The zero-order chi connectivity index (χ0) is 58.7. The summed E-state index contributed by atoms with van der Waals surface area (Å²) in [5.74, 6) is 0. The van der Waals surface area contributed by atoms with Gasteiger partial charge >= 0.3 is 7.94 Å². The average molecular weight is 1140 g/mol. The fraction of sp³-hybridized carbons (Fsp3) is 0.692. The van der Waals surface area contributed by atoms with E-state index in [0.29, 0.717) is 5.30 Å². The number of hydrogen-bond donors (Lipinski definition) is 3. The second-order valence-corrected chi connectivity index (χ2v) is 27.1. The molecule has 462 valence electrons. The lowest BCUT2D eigenvalue weighted by Crippen LogP contribution is -2.17. The molecule has 82 heavy (non-hydrogen) atoms. The molecule has 0 atom stereocenters. The van der Waals surface area contributed by atoms with Crippen LogP contribution in [0.15, 0.2) is 66.7 Å². The van der Waals surface area contributed by atoms with E-state index >= 15 is 0 Å². The Morgan fingerprint density at radius 1 is 0.232 bits per heavy atom. The van der Waals surface area contributed by atoms with Gasteiger partial charge in [-0.05, 0) is 145 Å². The normalized spacial score (nSPS) is 11.9. The molecule has 0 fully saturated rings. The standard InChI is InChI=1S/C78H128O3P/c1-7-13-19-25-31-37-43-52-66-55-49-61-72(69(66)58-46-40-34-28-22-16-10-4)75-64-65-76(82(79,80)81)78(74-63-51-57-68(54-45-39-33-27-21-15-9-3)71(74)60-48-42-36-30-24-18-12-6)77(75)73-62-50-56-67(53-44-38-32-26-20-14-8-2)70(73)59-47-41-35-29-23-17-11-5/h49-51,55-57,61-65,79-81H,7-48,52-54,58-60H2,1-6H3/q+1. The fourth-order valence-electron chi connectivity index (χ4n) is 13.4. The Bertz CT molecular complexity index is 2220. The third-order valence-corrected chi connectivity index (χ3v) is 19.4. The highest BCUT2D eigenvalue weighted by Crippen LogP contribution is 2.53. The number of rotatable bonds is 52. The summed E-state index contributed by atoms with van der Waals surface area (Å²) >= 11 is 0. The Morgan fingerprint density at radius 2 is 0.476 bits per heavy atom. The smallest absolute Gasteiger partial charge is 0.189 e. The first-order valence-electron chi connectivity index (χ1n) is 35.8. The van der Waals surface area contributed by atoms with Gasteiger partial charge in [-0.1, -0.05) is 327 Å². The van der Waals surface area contributed by atoms with Crippen molar-refractivity contribution < 1.29 is 14.7 Å². The van der Waals surface area contributed by atoms with Crippen LogP contribution in [0.3, 0.4) is 0 Å². The van der Waals surface area contributed by atoms with Gasteiger partial charge in [0.25, 0.3) is 0 Å². The first-order chi connectivity index (χ1) is 40.2. The van der Waals surface area contributed by atoms with Crippen molar-refractivity contribution in [2.75, 3.05) is 0 Å². The van der Waals surface area contributed by atoms with E-state index in [1.165, 1.54) is 300 Å². The topological polar surface area (TPSA) is 60.7 Å². The van der Waals surface area contributed by atoms with Crippen LogP contribution in [0.25, 0.3) is 33.4 Å². The van der Waals surface area contributed by atoms with E-state index in [0.717, 1.165) is 74.5 Å². The molecule has 0 bridgehead atoms. The molecule has 0 aliphatic heterocycles. The Kier molecular flexibility index (Phi) is 39.8. The van der Waals surface area contributed by atoms with Gasteiger partial charge in [-0.15, -0.1) is 0 Å². The molecule has 0 spiro atoms. The first-order valence-corrected chi connectivity index (χ1v) is 37.5. The molecule has 0 saturated heterocycles. The molecule has 0 amide bonds. The fourth-order valence-corrected chi connectivity index (χ4v) is 14.2. The molecule has 4 aromatic carbocycles. The van der Waals surface area contributed by atoms with Crippen LogP contribution in [0.5, 0.6) is 0 Å². The van der Waals surface area contributed by atoms with Gasteiger partial charge in [0.15, 0.2) is 5.30 Å². The molecule has 0 aliphatic rings. The molecule has 0 aliphatic carbocycles. The van der Waals surface area contributed by atoms with E-state index in [1.54, 1.807) is 0 Å². The summed E-state index contributed by atoms with van der Waals surface area (Å²) in [4.78, 5) is 36.1. The van der Waals surface area contributed by atoms with Gasteiger partial charge in [-0.25, -0.2) is 0 Å². The molecular formula is C78H128O3P+. The maximum absolute atomic E-state index is 12.0. The van der Waals surface area contributed by atoms with Crippen LogP contribution in [-0.4, -0.2) is 14.7 Å². The Hall–Kier alpha value is -2.81. The molecule has 3 nitrogen and oxygen atoms in total. The highest BCUT2D eigenvalue weighted by atomic mass is 31.2. The van der Waals surface area contributed by atoms with Crippen LogP contribution >= 0.6 is 7.94 Å². The maximum atomic E-state index is 12.0. The average Bonchev–Trinajstić information content (AvgIpc) is 3.67. The van der Waals surface area contributed by atoms with Gasteiger partial charge < -0.3 is 0 Å². The van der Waals surface area contributed by atoms with Crippen molar-refractivity contribution >= 4 is 13.2 Å². The van der Waals surface area contributed by atoms with Gasteiger partial charge in [0.1, 0.15) is 0 Å². The van der Waals surface area contributed by atoms with Crippen molar-refractivity contribution in [1.29, 1.82) is 0 Å². The predicted molar refractivity (Wildman–Crippen MR) is 366 cm³/mol. The van der Waals surface area contributed by atoms with Crippen LogP contribution in [0.1, 0.15) is 345 Å². The number of benzene rings is 4. The SMILES string of the molecule is CCCCCCCCCc1cccc(-c2ccc([P+](O)(O)O)c(-c3cccc(CCCCCCCCC)c3CCCCCCCCC)c2-c2cccc(CCCCCCCCC)c2CCCCCCCCC)c1CCCCCCCCC. The van der Waals surface area contributed by atoms with E-state index in [1.807, 2.05) is 6.07 Å². The lowest BCUT2D eigenvalue weighted by Gasteiger charge is -2.26. The minimum absolute atomic E-state index is 0.312. The van der Waals surface area contributed by atoms with Gasteiger partial charge in [0, 0.05) is 11.1 Å². The number of unbranched alkanes of at least 4 members (excludes halogenated alkanes) is 36. The summed E-state index contributed by atoms with van der Waals surface area (Å²) in [6, 6.07) is 25.5. The summed E-state index contributed by atoms with van der Waals surface area (Å²) in [7, 11) is -4.54. The van der Waals surface area contributed by atoms with Crippen molar-refractivity contribution in [2.24, 2.45) is 0 Å². The van der Waals surface area contributed by atoms with Gasteiger partial charge in [0.2, 0.25) is 0 Å². The summed E-state index contributed by atoms with van der Waals surface area (Å²) in [6.45, 7) is 13.9. The molecule has 0 unspecified atom stereocenters. The van der Waals surface area contributed by atoms with Crippen molar-refractivity contribution in [2.45, 2.75) is 350 Å². The van der Waals surface area contributed by atoms with E-state index < -0.39 is 7.94 Å². The van der Waals surface area contributed by atoms with Crippen LogP contribution < -0.4 is 5.30 Å². The van der Waals surface area contributed by atoms with E-state index in [4.69, 9.17) is 0 Å². The van der Waals surface area contributed by atoms with Crippen LogP contribution in [0, 0.1) is 0 Å². The molecular weight excluding hydrogens is 1020 g/mol. The lowest BCUT2D eigenvalue weighted by atomic mass is 9.79. The van der Waals surface area contributed by atoms with Crippen LogP contribution in [0.4, 0.5) is 0 Å². The molecule has 4 heteroatoms. The lowest BCUT2D eigenvalue weighted by molar-refractivity contribution is 0.347. The van der Waals surface area contributed by atoms with Gasteiger partial charge in [-0.3, -0.25) is 0 Å². The predicted octanol–water partition coefficient (Wildman–Crippen LogP) is 24.8. The maximum Gasteiger partial charge on any atom is 0.441 e. The third kappa shape index (κ3) is 27.3. The van der Waals surface area contributed by atoms with Crippen molar-refractivity contribution in [1.82, 2.24) is 0 Å².